The van der Waals surface area contributed by atoms with Gasteiger partial charge in [-0.1, -0.05) is 25.1 Å². The van der Waals surface area contributed by atoms with Crippen molar-refractivity contribution < 1.29 is 14.2 Å². The molecule has 0 aliphatic heterocycles. The van der Waals surface area contributed by atoms with Crippen LogP contribution in [0.1, 0.15) is 31.7 Å². The van der Waals surface area contributed by atoms with Crippen LogP contribution in [0.2, 0.25) is 0 Å². The van der Waals surface area contributed by atoms with E-state index < -0.39 is 0 Å². The summed E-state index contributed by atoms with van der Waals surface area (Å²) in [4.78, 5) is 0. The highest BCUT2D eigenvalue weighted by Gasteiger charge is 2.16. The zero-order valence-corrected chi connectivity index (χ0v) is 14.2. The highest BCUT2D eigenvalue weighted by atomic mass is 16.5. The second-order valence-electron chi connectivity index (χ2n) is 5.73. The highest BCUT2D eigenvalue weighted by molar-refractivity contribution is 5.57. The monoisotopic (exact) mass is 315 g/mol. The van der Waals surface area contributed by atoms with Gasteiger partial charge in [0.15, 0.2) is 5.75 Å². The molecule has 2 unspecified atom stereocenters. The molecule has 4 heteroatoms. The van der Waals surface area contributed by atoms with E-state index in [4.69, 9.17) is 19.9 Å². The summed E-state index contributed by atoms with van der Waals surface area (Å²) in [6.07, 6.45) is 1.12. The Morgan fingerprint density at radius 2 is 1.74 bits per heavy atom. The van der Waals surface area contributed by atoms with E-state index in [2.05, 4.69) is 19.9 Å². The van der Waals surface area contributed by atoms with Crippen LogP contribution in [0.15, 0.2) is 42.5 Å². The maximum atomic E-state index is 6.07. The van der Waals surface area contributed by atoms with Gasteiger partial charge in [-0.05, 0) is 43.0 Å². The molecule has 0 spiro atoms. The zero-order valence-electron chi connectivity index (χ0n) is 14.2. The summed E-state index contributed by atoms with van der Waals surface area (Å²) in [5, 5.41) is 0. The molecule has 2 N–H and O–H groups in total. The van der Waals surface area contributed by atoms with Crippen LogP contribution in [0.25, 0.3) is 0 Å². The largest absolute Gasteiger partial charge is 0.497 e. The van der Waals surface area contributed by atoms with E-state index in [1.54, 1.807) is 26.4 Å². The number of nitrogens with two attached hydrogens (primary N) is 1. The second kappa shape index (κ2) is 7.88. The van der Waals surface area contributed by atoms with Crippen molar-refractivity contribution in [3.8, 4) is 17.2 Å². The summed E-state index contributed by atoms with van der Waals surface area (Å²) in [5.41, 5.74) is 7.74. The first-order valence-electron chi connectivity index (χ1n) is 7.78. The molecule has 0 aliphatic rings. The zero-order chi connectivity index (χ0) is 16.8. The minimum absolute atomic E-state index is 0.194. The molecule has 0 heterocycles. The Kier molecular flexibility index (Phi) is 5.88. The summed E-state index contributed by atoms with van der Waals surface area (Å²) in [5.74, 6) is 2.44. The van der Waals surface area contributed by atoms with E-state index in [1.165, 1.54) is 0 Å². The predicted molar refractivity (Wildman–Crippen MR) is 93.4 cm³/mol. The van der Waals surface area contributed by atoms with Crippen LogP contribution in [-0.2, 0) is 4.74 Å². The predicted octanol–water partition coefficient (Wildman–Crippen LogP) is 4.60. The lowest BCUT2D eigenvalue weighted by atomic mass is 9.94. The van der Waals surface area contributed by atoms with Crippen LogP contribution in [0.4, 0.5) is 5.69 Å². The summed E-state index contributed by atoms with van der Waals surface area (Å²) >= 11 is 0. The van der Waals surface area contributed by atoms with E-state index in [1.807, 2.05) is 24.3 Å². The molecule has 0 saturated carbocycles. The van der Waals surface area contributed by atoms with Gasteiger partial charge in [-0.25, -0.2) is 0 Å². The molecule has 0 fully saturated rings. The summed E-state index contributed by atoms with van der Waals surface area (Å²) in [7, 11) is 3.36. The fourth-order valence-electron chi connectivity index (χ4n) is 2.55. The van der Waals surface area contributed by atoms with Gasteiger partial charge in [0.05, 0.1) is 18.9 Å². The van der Waals surface area contributed by atoms with Crippen molar-refractivity contribution in [2.75, 3.05) is 20.0 Å². The number of anilines is 1. The molecule has 0 aliphatic carbocycles. The van der Waals surface area contributed by atoms with Gasteiger partial charge in [-0.15, -0.1) is 0 Å². The second-order valence-corrected chi connectivity index (χ2v) is 5.73. The van der Waals surface area contributed by atoms with Gasteiger partial charge in [-0.2, -0.15) is 0 Å². The van der Waals surface area contributed by atoms with Crippen molar-refractivity contribution in [3.63, 3.8) is 0 Å². The van der Waals surface area contributed by atoms with Crippen molar-refractivity contribution in [1.29, 1.82) is 0 Å². The summed E-state index contributed by atoms with van der Waals surface area (Å²) in [6.45, 7) is 4.24. The van der Waals surface area contributed by atoms with E-state index >= 15 is 0 Å². The molecule has 0 aromatic heterocycles. The van der Waals surface area contributed by atoms with Crippen LogP contribution >= 0.6 is 0 Å². The Balaban J connectivity index is 2.27. The molecular formula is C19H25NO3. The number of para-hydroxylation sites is 1. The van der Waals surface area contributed by atoms with E-state index in [0.717, 1.165) is 17.7 Å². The number of nitrogen functional groups attached to an aromatic ring is 1. The number of hydrogen-bond acceptors (Lipinski definition) is 4. The average Bonchev–Trinajstić information content (AvgIpc) is 2.57. The minimum Gasteiger partial charge on any atom is -0.497 e. The molecular weight excluding hydrogens is 290 g/mol. The molecule has 2 aromatic rings. The van der Waals surface area contributed by atoms with E-state index in [9.17, 15) is 0 Å². The number of rotatable bonds is 7. The number of ether oxygens (including phenoxy) is 3. The topological polar surface area (TPSA) is 53.7 Å². The molecule has 0 amide bonds. The SMILES string of the molecule is COc1ccc(N)c(Oc2ccccc2C(C)CC(C)OC)c1. The fourth-order valence-corrected chi connectivity index (χ4v) is 2.55. The van der Waals surface area contributed by atoms with Crippen molar-refractivity contribution in [2.24, 2.45) is 0 Å². The van der Waals surface area contributed by atoms with Gasteiger partial charge < -0.3 is 19.9 Å². The van der Waals surface area contributed by atoms with Crippen LogP contribution in [0.5, 0.6) is 17.2 Å². The quantitative estimate of drug-likeness (QED) is 0.759. The van der Waals surface area contributed by atoms with Crippen LogP contribution in [-0.4, -0.2) is 20.3 Å². The van der Waals surface area contributed by atoms with Gasteiger partial charge in [0.1, 0.15) is 11.5 Å². The smallest absolute Gasteiger partial charge is 0.154 e. The Bertz CT molecular complexity index is 642. The van der Waals surface area contributed by atoms with E-state index in [0.29, 0.717) is 23.1 Å². The third-order valence-corrected chi connectivity index (χ3v) is 3.98. The standard InChI is InChI=1S/C19H25NO3/c1-13(11-14(2)21-3)16-7-5-6-8-18(16)23-19-12-15(22-4)9-10-17(19)20/h5-10,12-14H,11,20H2,1-4H3. The average molecular weight is 315 g/mol. The lowest BCUT2D eigenvalue weighted by molar-refractivity contribution is 0.105. The fraction of sp³-hybridized carbons (Fsp3) is 0.368. The van der Waals surface area contributed by atoms with Crippen molar-refractivity contribution in [3.05, 3.63) is 48.0 Å². The lowest BCUT2D eigenvalue weighted by Gasteiger charge is -2.20. The Labute approximate surface area is 138 Å². The van der Waals surface area contributed by atoms with Gasteiger partial charge in [-0.3, -0.25) is 0 Å². The van der Waals surface area contributed by atoms with Crippen LogP contribution < -0.4 is 15.2 Å². The Morgan fingerprint density at radius 1 is 1.00 bits per heavy atom. The van der Waals surface area contributed by atoms with Crippen molar-refractivity contribution in [2.45, 2.75) is 32.3 Å². The number of benzene rings is 2. The third-order valence-electron chi connectivity index (χ3n) is 3.98. The van der Waals surface area contributed by atoms with Crippen LogP contribution in [0, 0.1) is 0 Å². The third kappa shape index (κ3) is 4.39. The molecule has 124 valence electrons. The van der Waals surface area contributed by atoms with Gasteiger partial charge in [0.2, 0.25) is 0 Å². The molecule has 2 atom stereocenters. The summed E-state index contributed by atoms with van der Waals surface area (Å²) < 4.78 is 16.7. The molecule has 0 bridgehead atoms. The van der Waals surface area contributed by atoms with Gasteiger partial charge >= 0.3 is 0 Å². The van der Waals surface area contributed by atoms with Crippen LogP contribution in [0.3, 0.4) is 0 Å². The molecule has 4 nitrogen and oxygen atoms in total. The first kappa shape index (κ1) is 17.2. The lowest BCUT2D eigenvalue weighted by Crippen LogP contribution is -2.10. The number of methoxy groups -OCH3 is 2. The van der Waals surface area contributed by atoms with Gasteiger partial charge in [0.25, 0.3) is 0 Å². The highest BCUT2D eigenvalue weighted by Crippen LogP contribution is 2.36. The maximum absolute atomic E-state index is 6.07. The first-order valence-corrected chi connectivity index (χ1v) is 7.78. The normalized spacial score (nSPS) is 13.4. The Hall–Kier alpha value is -2.20. The molecule has 2 rings (SSSR count). The van der Waals surface area contributed by atoms with Crippen molar-refractivity contribution in [1.82, 2.24) is 0 Å². The molecule has 0 saturated heterocycles. The van der Waals surface area contributed by atoms with E-state index in [-0.39, 0.29) is 6.10 Å². The minimum atomic E-state index is 0.194. The Morgan fingerprint density at radius 3 is 2.43 bits per heavy atom. The van der Waals surface area contributed by atoms with Crippen molar-refractivity contribution >= 4 is 5.69 Å². The molecule has 23 heavy (non-hydrogen) atoms. The maximum Gasteiger partial charge on any atom is 0.154 e. The van der Waals surface area contributed by atoms with Gasteiger partial charge in [0, 0.05) is 13.2 Å². The number of hydrogen-bond donors (Lipinski definition) is 1. The molecule has 0 radical (unpaired) electrons. The first-order chi connectivity index (χ1) is 11.0. The summed E-state index contributed by atoms with van der Waals surface area (Å²) in [6, 6.07) is 13.4. The molecule has 2 aromatic carbocycles.